The van der Waals surface area contributed by atoms with Crippen molar-refractivity contribution in [1.82, 2.24) is 0 Å². The van der Waals surface area contributed by atoms with E-state index < -0.39 is 5.92 Å². The molecule has 1 atom stereocenters. The topological polar surface area (TPSA) is 26.0 Å². The van der Waals surface area contributed by atoms with Gasteiger partial charge in [0.1, 0.15) is 0 Å². The zero-order chi connectivity index (χ0) is 8.70. The summed E-state index contributed by atoms with van der Waals surface area (Å²) in [6, 6.07) is -0.355. The molecule has 0 aromatic heterocycles. The molecule has 1 rings (SSSR count). The first-order valence-corrected chi connectivity index (χ1v) is 3.97. The SMILES string of the molecule is CC1(C)CCC(F)(F)CC1N.Cl. The molecule has 0 aromatic carbocycles. The molecule has 0 bridgehead atoms. The monoisotopic (exact) mass is 199 g/mol. The fourth-order valence-electron chi connectivity index (χ4n) is 1.39. The average Bonchev–Trinajstić information content (AvgIpc) is 1.81. The number of halogens is 3. The van der Waals surface area contributed by atoms with Gasteiger partial charge in [0.2, 0.25) is 5.92 Å². The van der Waals surface area contributed by atoms with Gasteiger partial charge >= 0.3 is 0 Å². The summed E-state index contributed by atoms with van der Waals surface area (Å²) in [5.41, 5.74) is 5.50. The Kier molecular flexibility index (Phi) is 3.49. The van der Waals surface area contributed by atoms with Crippen molar-refractivity contribution in [2.75, 3.05) is 0 Å². The molecule has 2 N–H and O–H groups in total. The van der Waals surface area contributed by atoms with Crippen LogP contribution >= 0.6 is 12.4 Å². The Balaban J connectivity index is 0.00000121. The van der Waals surface area contributed by atoms with Crippen LogP contribution in [-0.4, -0.2) is 12.0 Å². The minimum Gasteiger partial charge on any atom is -0.327 e. The van der Waals surface area contributed by atoms with Crippen LogP contribution in [0.25, 0.3) is 0 Å². The summed E-state index contributed by atoms with van der Waals surface area (Å²) in [5.74, 6) is -2.52. The summed E-state index contributed by atoms with van der Waals surface area (Å²) in [6.45, 7) is 3.90. The van der Waals surface area contributed by atoms with Gasteiger partial charge < -0.3 is 5.73 Å². The van der Waals surface area contributed by atoms with E-state index in [0.29, 0.717) is 6.42 Å². The third-order valence-corrected chi connectivity index (χ3v) is 2.66. The molecule has 1 unspecified atom stereocenters. The van der Waals surface area contributed by atoms with Gasteiger partial charge in [0.25, 0.3) is 0 Å². The van der Waals surface area contributed by atoms with Gasteiger partial charge in [0.05, 0.1) is 0 Å². The molecule has 0 saturated heterocycles. The molecule has 74 valence electrons. The molecule has 0 aliphatic heterocycles. The largest absolute Gasteiger partial charge is 0.327 e. The van der Waals surface area contributed by atoms with Crippen molar-refractivity contribution in [2.45, 2.75) is 45.1 Å². The maximum atomic E-state index is 12.7. The summed E-state index contributed by atoms with van der Waals surface area (Å²) in [4.78, 5) is 0. The normalized spacial score (nSPS) is 32.2. The summed E-state index contributed by atoms with van der Waals surface area (Å²) in [6.07, 6.45) is 0.370. The van der Waals surface area contributed by atoms with Gasteiger partial charge in [-0.2, -0.15) is 0 Å². The van der Waals surface area contributed by atoms with Gasteiger partial charge in [-0.3, -0.25) is 0 Å². The summed E-state index contributed by atoms with van der Waals surface area (Å²) in [7, 11) is 0. The molecule has 4 heteroatoms. The molecule has 0 aromatic rings. The van der Waals surface area contributed by atoms with E-state index in [-0.39, 0.29) is 36.7 Å². The summed E-state index contributed by atoms with van der Waals surface area (Å²) >= 11 is 0. The third-order valence-electron chi connectivity index (χ3n) is 2.66. The van der Waals surface area contributed by atoms with Crippen molar-refractivity contribution in [1.29, 1.82) is 0 Å². The highest BCUT2D eigenvalue weighted by molar-refractivity contribution is 5.85. The third kappa shape index (κ3) is 2.56. The van der Waals surface area contributed by atoms with E-state index in [1.165, 1.54) is 0 Å². The maximum Gasteiger partial charge on any atom is 0.249 e. The number of nitrogens with two attached hydrogens (primary N) is 1. The van der Waals surface area contributed by atoms with Crippen molar-refractivity contribution in [3.05, 3.63) is 0 Å². The van der Waals surface area contributed by atoms with E-state index in [4.69, 9.17) is 5.73 Å². The molecule has 1 nitrogen and oxygen atoms in total. The van der Waals surface area contributed by atoms with E-state index in [9.17, 15) is 8.78 Å². The lowest BCUT2D eigenvalue weighted by atomic mass is 9.72. The van der Waals surface area contributed by atoms with E-state index in [0.717, 1.165) is 0 Å². The zero-order valence-electron chi connectivity index (χ0n) is 7.44. The second kappa shape index (κ2) is 3.46. The van der Waals surface area contributed by atoms with Crippen molar-refractivity contribution in [3.63, 3.8) is 0 Å². The molecule has 0 amide bonds. The molecule has 1 saturated carbocycles. The Hall–Kier alpha value is 0.110. The van der Waals surface area contributed by atoms with Crippen LogP contribution in [0, 0.1) is 5.41 Å². The van der Waals surface area contributed by atoms with Gasteiger partial charge in [0, 0.05) is 18.9 Å². The van der Waals surface area contributed by atoms with E-state index in [2.05, 4.69) is 0 Å². The molecule has 12 heavy (non-hydrogen) atoms. The quantitative estimate of drug-likeness (QED) is 0.638. The highest BCUT2D eigenvalue weighted by Gasteiger charge is 2.43. The fraction of sp³-hybridized carbons (Fsp3) is 1.00. The second-order valence-corrected chi connectivity index (χ2v) is 4.16. The molecule has 1 aliphatic rings. The molecular weight excluding hydrogens is 184 g/mol. The first-order chi connectivity index (χ1) is 4.83. The summed E-state index contributed by atoms with van der Waals surface area (Å²) < 4.78 is 25.4. The fourth-order valence-corrected chi connectivity index (χ4v) is 1.39. The van der Waals surface area contributed by atoms with Crippen LogP contribution in [0.15, 0.2) is 0 Å². The first kappa shape index (κ1) is 12.1. The Morgan fingerprint density at radius 2 is 1.75 bits per heavy atom. The Labute approximate surface area is 78.1 Å². The maximum absolute atomic E-state index is 12.7. The molecular formula is C8H16ClF2N. The minimum absolute atomic E-state index is 0. The van der Waals surface area contributed by atoms with Gasteiger partial charge in [-0.1, -0.05) is 13.8 Å². The molecule has 1 fully saturated rings. The number of alkyl halides is 2. The van der Waals surface area contributed by atoms with Crippen molar-refractivity contribution < 1.29 is 8.78 Å². The van der Waals surface area contributed by atoms with E-state index >= 15 is 0 Å². The predicted molar refractivity (Wildman–Crippen MR) is 47.8 cm³/mol. The zero-order valence-corrected chi connectivity index (χ0v) is 8.26. The Morgan fingerprint density at radius 3 is 2.08 bits per heavy atom. The van der Waals surface area contributed by atoms with Gasteiger partial charge in [-0.15, -0.1) is 12.4 Å². The second-order valence-electron chi connectivity index (χ2n) is 4.16. The van der Waals surface area contributed by atoms with Crippen molar-refractivity contribution in [2.24, 2.45) is 11.1 Å². The predicted octanol–water partition coefficient (Wildman–Crippen LogP) is 2.58. The summed E-state index contributed by atoms with van der Waals surface area (Å²) in [5, 5.41) is 0. The van der Waals surface area contributed by atoms with Crippen LogP contribution in [0.1, 0.15) is 33.1 Å². The van der Waals surface area contributed by atoms with E-state index in [1.807, 2.05) is 13.8 Å². The number of hydrogen-bond acceptors (Lipinski definition) is 1. The van der Waals surface area contributed by atoms with Crippen molar-refractivity contribution in [3.8, 4) is 0 Å². The van der Waals surface area contributed by atoms with Crippen molar-refractivity contribution >= 4 is 12.4 Å². The first-order valence-electron chi connectivity index (χ1n) is 3.97. The highest BCUT2D eigenvalue weighted by atomic mass is 35.5. The van der Waals surface area contributed by atoms with Crippen LogP contribution in [0.5, 0.6) is 0 Å². The lowest BCUT2D eigenvalue weighted by Gasteiger charge is -2.39. The van der Waals surface area contributed by atoms with Crippen LogP contribution in [0.4, 0.5) is 8.78 Å². The smallest absolute Gasteiger partial charge is 0.249 e. The highest BCUT2D eigenvalue weighted by Crippen LogP contribution is 2.41. The van der Waals surface area contributed by atoms with Crippen LogP contribution in [0.3, 0.4) is 0 Å². The minimum atomic E-state index is -2.52. The number of hydrogen-bond donors (Lipinski definition) is 1. The lowest BCUT2D eigenvalue weighted by molar-refractivity contribution is -0.0691. The molecule has 0 heterocycles. The Morgan fingerprint density at radius 1 is 1.25 bits per heavy atom. The Bertz CT molecular complexity index is 159. The molecule has 0 spiro atoms. The molecule has 1 aliphatic carbocycles. The number of rotatable bonds is 0. The standard InChI is InChI=1S/C8H15F2N.ClH/c1-7(2)3-4-8(9,10)5-6(7)11;/h6H,3-5,11H2,1-2H3;1H. The van der Waals surface area contributed by atoms with Gasteiger partial charge in [0.15, 0.2) is 0 Å². The lowest BCUT2D eigenvalue weighted by Crippen LogP contribution is -2.46. The van der Waals surface area contributed by atoms with Crippen LogP contribution in [0.2, 0.25) is 0 Å². The van der Waals surface area contributed by atoms with Gasteiger partial charge in [-0.05, 0) is 11.8 Å². The van der Waals surface area contributed by atoms with Gasteiger partial charge in [-0.25, -0.2) is 8.78 Å². The van der Waals surface area contributed by atoms with Crippen LogP contribution in [-0.2, 0) is 0 Å². The molecule has 0 radical (unpaired) electrons. The van der Waals surface area contributed by atoms with E-state index in [1.54, 1.807) is 0 Å². The van der Waals surface area contributed by atoms with Crippen LogP contribution < -0.4 is 5.73 Å². The average molecular weight is 200 g/mol.